The van der Waals surface area contributed by atoms with Crippen LogP contribution in [0.5, 0.6) is 0 Å². The Morgan fingerprint density at radius 2 is 1.76 bits per heavy atom. The van der Waals surface area contributed by atoms with E-state index in [0.717, 1.165) is 61.4 Å². The van der Waals surface area contributed by atoms with Crippen LogP contribution in [0.4, 0.5) is 10.5 Å². The molecule has 0 fully saturated rings. The highest BCUT2D eigenvalue weighted by Gasteiger charge is 2.28. The number of aryl methyl sites for hydroxylation is 3. The molecule has 10 nitrogen and oxygen atoms in total. The largest absolute Gasteiger partial charge is 0.396 e. The first-order valence-electron chi connectivity index (χ1n) is 11.1. The van der Waals surface area contributed by atoms with Gasteiger partial charge in [0.25, 0.3) is 15.9 Å². The number of hydrogen-bond acceptors (Lipinski definition) is 6. The number of aliphatic hydroxyl groups excluding tert-OH is 1. The van der Waals surface area contributed by atoms with Crippen molar-refractivity contribution in [2.24, 2.45) is 7.05 Å². The lowest BCUT2D eigenvalue weighted by Gasteiger charge is -2.16. The Morgan fingerprint density at radius 1 is 1.12 bits per heavy atom. The van der Waals surface area contributed by atoms with Gasteiger partial charge in [0.1, 0.15) is 5.69 Å². The first kappa shape index (κ1) is 23.2. The number of aliphatic hydroxyl groups is 1. The van der Waals surface area contributed by atoms with Crippen LogP contribution in [0, 0.1) is 0 Å². The molecule has 2 aliphatic carbocycles. The molecule has 11 heteroatoms. The third kappa shape index (κ3) is 4.60. The summed E-state index contributed by atoms with van der Waals surface area (Å²) < 4.78 is 28.9. The Balaban J connectivity index is 1.51. The van der Waals surface area contributed by atoms with Crippen LogP contribution < -0.4 is 10.0 Å². The van der Waals surface area contributed by atoms with Crippen molar-refractivity contribution in [2.45, 2.75) is 50.0 Å². The standard InChI is InChI=1S/C22H29N5O5S/c1-26(10-5-11-28)21(29)18-13-19(24-27(18)2)33(31,32)25-22(30)23-20-16-8-3-6-14(16)12-15-7-4-9-17(15)20/h12-13,28H,3-11H2,1-2H3,(H2,23,25,30). The molecule has 1 aromatic heterocycles. The molecule has 2 aromatic rings. The highest BCUT2D eigenvalue weighted by Crippen LogP contribution is 2.38. The molecule has 3 amide bonds. The zero-order valence-electron chi connectivity index (χ0n) is 18.8. The fraction of sp³-hybridized carbons (Fsp3) is 0.500. The van der Waals surface area contributed by atoms with E-state index in [1.54, 1.807) is 7.05 Å². The number of nitrogens with one attached hydrogen (secondary N) is 2. The molecule has 1 heterocycles. The zero-order valence-corrected chi connectivity index (χ0v) is 19.7. The highest BCUT2D eigenvalue weighted by atomic mass is 32.2. The third-order valence-corrected chi connectivity index (χ3v) is 7.49. The summed E-state index contributed by atoms with van der Waals surface area (Å²) in [6.07, 6.45) is 6.10. The molecule has 178 valence electrons. The quantitative estimate of drug-likeness (QED) is 0.554. The lowest BCUT2D eigenvalue weighted by atomic mass is 9.99. The minimum absolute atomic E-state index is 0.0600. The van der Waals surface area contributed by atoms with Crippen molar-refractivity contribution in [1.29, 1.82) is 0 Å². The van der Waals surface area contributed by atoms with Gasteiger partial charge < -0.3 is 15.3 Å². The number of amides is 3. The third-order valence-electron chi connectivity index (χ3n) is 6.29. The number of carbonyl (C=O) groups is 2. The van der Waals surface area contributed by atoms with Crippen molar-refractivity contribution in [1.82, 2.24) is 19.4 Å². The SMILES string of the molecule is CN(CCCO)C(=O)c1cc(S(=O)(=O)NC(=O)Nc2c3c(cc4c2CCC4)CCC3)nn1C. The first-order chi connectivity index (χ1) is 15.7. The number of nitrogens with zero attached hydrogens (tertiary/aromatic N) is 3. The van der Waals surface area contributed by atoms with Gasteiger partial charge in [0, 0.05) is 39.0 Å². The van der Waals surface area contributed by atoms with Crippen molar-refractivity contribution in [3.63, 3.8) is 0 Å². The molecular weight excluding hydrogens is 446 g/mol. The minimum atomic E-state index is -4.29. The van der Waals surface area contributed by atoms with Gasteiger partial charge in [0.15, 0.2) is 5.03 Å². The van der Waals surface area contributed by atoms with E-state index in [9.17, 15) is 18.0 Å². The maximum absolute atomic E-state index is 12.8. The van der Waals surface area contributed by atoms with Gasteiger partial charge in [-0.15, -0.1) is 0 Å². The average Bonchev–Trinajstić information content (AvgIpc) is 3.50. The number of sulfonamides is 1. The number of urea groups is 1. The number of anilines is 1. The summed E-state index contributed by atoms with van der Waals surface area (Å²) in [5, 5.41) is 15.3. The normalized spacial score (nSPS) is 14.6. The average molecular weight is 476 g/mol. The van der Waals surface area contributed by atoms with Crippen LogP contribution in [0.2, 0.25) is 0 Å². The zero-order chi connectivity index (χ0) is 23.8. The second-order valence-corrected chi connectivity index (χ2v) is 10.2. The molecule has 0 saturated heterocycles. The van der Waals surface area contributed by atoms with E-state index in [-0.39, 0.29) is 12.3 Å². The van der Waals surface area contributed by atoms with Gasteiger partial charge in [-0.25, -0.2) is 9.52 Å². The Bertz CT molecular complexity index is 1170. The predicted molar refractivity (Wildman–Crippen MR) is 122 cm³/mol. The summed E-state index contributed by atoms with van der Waals surface area (Å²) >= 11 is 0. The lowest BCUT2D eigenvalue weighted by molar-refractivity contribution is 0.0775. The number of benzene rings is 1. The number of hydrogen-bond donors (Lipinski definition) is 3. The fourth-order valence-electron chi connectivity index (χ4n) is 4.66. The van der Waals surface area contributed by atoms with Crippen molar-refractivity contribution in [3.05, 3.63) is 40.1 Å². The molecule has 4 rings (SSSR count). The van der Waals surface area contributed by atoms with Gasteiger partial charge in [-0.3, -0.25) is 9.48 Å². The van der Waals surface area contributed by atoms with E-state index in [2.05, 4.69) is 16.5 Å². The molecule has 0 unspecified atom stereocenters. The maximum atomic E-state index is 12.8. The summed E-state index contributed by atoms with van der Waals surface area (Å²) in [5.74, 6) is -0.431. The van der Waals surface area contributed by atoms with Crippen molar-refractivity contribution in [2.75, 3.05) is 25.5 Å². The minimum Gasteiger partial charge on any atom is -0.396 e. The van der Waals surface area contributed by atoms with E-state index in [1.165, 1.54) is 27.8 Å². The van der Waals surface area contributed by atoms with E-state index in [0.29, 0.717) is 13.0 Å². The van der Waals surface area contributed by atoms with Crippen LogP contribution >= 0.6 is 0 Å². The smallest absolute Gasteiger partial charge is 0.333 e. The van der Waals surface area contributed by atoms with Crippen molar-refractivity contribution in [3.8, 4) is 0 Å². The van der Waals surface area contributed by atoms with Crippen molar-refractivity contribution < 1.29 is 23.1 Å². The molecule has 2 aliphatic rings. The molecule has 1 aromatic carbocycles. The van der Waals surface area contributed by atoms with Gasteiger partial charge in [0.2, 0.25) is 0 Å². The topological polar surface area (TPSA) is 134 Å². The van der Waals surface area contributed by atoms with Crippen LogP contribution in [0.25, 0.3) is 0 Å². The monoisotopic (exact) mass is 475 g/mol. The molecule has 0 bridgehead atoms. The first-order valence-corrected chi connectivity index (χ1v) is 12.6. The van der Waals surface area contributed by atoms with E-state index < -0.39 is 27.0 Å². The Kier molecular flexibility index (Phi) is 6.44. The second kappa shape index (κ2) is 9.14. The Morgan fingerprint density at radius 3 is 2.36 bits per heavy atom. The second-order valence-electron chi connectivity index (χ2n) is 8.59. The Labute approximate surface area is 193 Å². The highest BCUT2D eigenvalue weighted by molar-refractivity contribution is 7.90. The molecule has 0 aliphatic heterocycles. The summed E-state index contributed by atoms with van der Waals surface area (Å²) in [6.45, 7) is 0.254. The molecular formula is C22H29N5O5S. The summed E-state index contributed by atoms with van der Waals surface area (Å²) in [4.78, 5) is 26.7. The lowest BCUT2D eigenvalue weighted by Crippen LogP contribution is -2.35. The van der Waals surface area contributed by atoms with Crippen LogP contribution in [-0.4, -0.2) is 60.3 Å². The molecule has 33 heavy (non-hydrogen) atoms. The maximum Gasteiger partial charge on any atom is 0.333 e. The van der Waals surface area contributed by atoms with Crippen LogP contribution in [0.3, 0.4) is 0 Å². The molecule has 0 saturated carbocycles. The summed E-state index contributed by atoms with van der Waals surface area (Å²) in [7, 11) is -1.27. The van der Waals surface area contributed by atoms with Crippen molar-refractivity contribution >= 4 is 27.6 Å². The summed E-state index contributed by atoms with van der Waals surface area (Å²) in [5.41, 5.74) is 5.46. The molecule has 0 spiro atoms. The van der Waals surface area contributed by atoms with E-state index in [4.69, 9.17) is 5.11 Å². The van der Waals surface area contributed by atoms with Gasteiger partial charge in [-0.05, 0) is 67.2 Å². The van der Waals surface area contributed by atoms with Gasteiger partial charge in [0.05, 0.1) is 0 Å². The van der Waals surface area contributed by atoms with Gasteiger partial charge in [-0.1, -0.05) is 6.07 Å². The predicted octanol–water partition coefficient (Wildman–Crippen LogP) is 1.36. The number of rotatable bonds is 7. The number of carbonyl (C=O) groups excluding carboxylic acids is 2. The molecule has 3 N–H and O–H groups in total. The number of fused-ring (bicyclic) bond motifs is 2. The van der Waals surface area contributed by atoms with Crippen LogP contribution in [0.1, 0.15) is 52.0 Å². The number of aromatic nitrogens is 2. The molecule has 0 atom stereocenters. The molecule has 0 radical (unpaired) electrons. The van der Waals surface area contributed by atoms with Crippen LogP contribution in [-0.2, 0) is 42.8 Å². The summed E-state index contributed by atoms with van der Waals surface area (Å²) in [6, 6.07) is 2.53. The fourth-order valence-corrected chi connectivity index (χ4v) is 5.55. The van der Waals surface area contributed by atoms with E-state index >= 15 is 0 Å². The van der Waals surface area contributed by atoms with Gasteiger partial charge >= 0.3 is 6.03 Å². The Hall–Kier alpha value is -2.92. The van der Waals surface area contributed by atoms with E-state index in [1.807, 2.05) is 4.72 Å². The van der Waals surface area contributed by atoms with Gasteiger partial charge in [-0.2, -0.15) is 13.5 Å². The van der Waals surface area contributed by atoms with Crippen LogP contribution in [0.15, 0.2) is 17.2 Å².